The van der Waals surface area contributed by atoms with Crippen LogP contribution in [-0.2, 0) is 27.4 Å². The van der Waals surface area contributed by atoms with E-state index in [1.165, 1.54) is 4.68 Å². The molecule has 8 nitrogen and oxygen atoms in total. The number of ether oxygens (including phenoxy) is 1. The molecule has 1 aromatic rings. The van der Waals surface area contributed by atoms with E-state index in [1.807, 2.05) is 0 Å². The lowest BCUT2D eigenvalue weighted by molar-refractivity contribution is -0.143. The third-order valence-corrected chi connectivity index (χ3v) is 2.06. The maximum absolute atomic E-state index is 11.5. The highest BCUT2D eigenvalue weighted by atomic mass is 16.5. The van der Waals surface area contributed by atoms with E-state index in [2.05, 4.69) is 15.6 Å². The molecular weight excluding hydrogens is 238 g/mol. The SMILES string of the molecule is CCOC(=O)CCNC(=O)Cn1cc(CN)nn1. The summed E-state index contributed by atoms with van der Waals surface area (Å²) in [6.07, 6.45) is 1.76. The normalized spacial score (nSPS) is 10.1. The fourth-order valence-electron chi connectivity index (χ4n) is 1.25. The topological polar surface area (TPSA) is 112 Å². The highest BCUT2D eigenvalue weighted by molar-refractivity contribution is 5.76. The van der Waals surface area contributed by atoms with Gasteiger partial charge in [0.25, 0.3) is 0 Å². The Morgan fingerprint density at radius 2 is 2.33 bits per heavy atom. The van der Waals surface area contributed by atoms with E-state index in [4.69, 9.17) is 10.5 Å². The predicted molar refractivity (Wildman–Crippen MR) is 62.2 cm³/mol. The molecule has 8 heteroatoms. The van der Waals surface area contributed by atoms with Gasteiger partial charge in [0, 0.05) is 13.1 Å². The zero-order chi connectivity index (χ0) is 13.4. The van der Waals surface area contributed by atoms with E-state index in [9.17, 15) is 9.59 Å². The van der Waals surface area contributed by atoms with Crippen molar-refractivity contribution in [3.8, 4) is 0 Å². The lowest BCUT2D eigenvalue weighted by Gasteiger charge is -2.04. The molecule has 1 amide bonds. The third-order valence-electron chi connectivity index (χ3n) is 2.06. The standard InChI is InChI=1S/C10H17N5O3/c1-2-18-10(17)3-4-12-9(16)7-15-6-8(5-11)13-14-15/h6H,2-5,7,11H2,1H3,(H,12,16). The Labute approximate surface area is 104 Å². The Hall–Kier alpha value is -1.96. The van der Waals surface area contributed by atoms with Crippen molar-refractivity contribution < 1.29 is 14.3 Å². The number of hydrogen-bond donors (Lipinski definition) is 2. The fourth-order valence-corrected chi connectivity index (χ4v) is 1.25. The van der Waals surface area contributed by atoms with Gasteiger partial charge in [0.15, 0.2) is 0 Å². The van der Waals surface area contributed by atoms with Crippen LogP contribution in [0.15, 0.2) is 6.20 Å². The highest BCUT2D eigenvalue weighted by Gasteiger charge is 2.06. The van der Waals surface area contributed by atoms with Crippen LogP contribution in [0.3, 0.4) is 0 Å². The molecule has 0 saturated heterocycles. The molecule has 0 aliphatic heterocycles. The summed E-state index contributed by atoms with van der Waals surface area (Å²) in [5, 5.41) is 10.1. The number of carbonyl (C=O) groups excluding carboxylic acids is 2. The summed E-state index contributed by atoms with van der Waals surface area (Å²) in [5.74, 6) is -0.572. The van der Waals surface area contributed by atoms with Gasteiger partial charge < -0.3 is 15.8 Å². The van der Waals surface area contributed by atoms with Gasteiger partial charge in [-0.1, -0.05) is 5.21 Å². The summed E-state index contributed by atoms with van der Waals surface area (Å²) in [4.78, 5) is 22.5. The molecule has 1 heterocycles. The van der Waals surface area contributed by atoms with Crippen molar-refractivity contribution in [1.29, 1.82) is 0 Å². The molecule has 0 fully saturated rings. The van der Waals surface area contributed by atoms with Crippen LogP contribution in [0.1, 0.15) is 19.0 Å². The van der Waals surface area contributed by atoms with Crippen molar-refractivity contribution in [1.82, 2.24) is 20.3 Å². The zero-order valence-electron chi connectivity index (χ0n) is 10.3. The van der Waals surface area contributed by atoms with E-state index < -0.39 is 0 Å². The number of nitrogens with two attached hydrogens (primary N) is 1. The number of rotatable bonds is 7. The second-order valence-corrected chi connectivity index (χ2v) is 3.52. The molecular formula is C10H17N5O3. The molecule has 0 saturated carbocycles. The van der Waals surface area contributed by atoms with E-state index in [-0.39, 0.29) is 37.9 Å². The van der Waals surface area contributed by atoms with E-state index in [1.54, 1.807) is 13.1 Å². The number of hydrogen-bond acceptors (Lipinski definition) is 6. The monoisotopic (exact) mass is 255 g/mol. The summed E-state index contributed by atoms with van der Waals surface area (Å²) >= 11 is 0. The summed E-state index contributed by atoms with van der Waals surface area (Å²) in [6, 6.07) is 0. The van der Waals surface area contributed by atoms with E-state index in [0.717, 1.165) is 0 Å². The van der Waals surface area contributed by atoms with Crippen molar-refractivity contribution in [3.05, 3.63) is 11.9 Å². The van der Waals surface area contributed by atoms with Crippen LogP contribution in [0.25, 0.3) is 0 Å². The lowest BCUT2D eigenvalue weighted by atomic mass is 10.4. The van der Waals surface area contributed by atoms with Crippen molar-refractivity contribution in [2.45, 2.75) is 26.4 Å². The first-order chi connectivity index (χ1) is 8.65. The summed E-state index contributed by atoms with van der Waals surface area (Å²) in [7, 11) is 0. The quantitative estimate of drug-likeness (QED) is 0.592. The molecule has 0 aliphatic rings. The molecule has 1 aromatic heterocycles. The number of nitrogens with one attached hydrogen (secondary N) is 1. The number of nitrogens with zero attached hydrogens (tertiary/aromatic N) is 3. The van der Waals surface area contributed by atoms with Crippen LogP contribution < -0.4 is 11.1 Å². The van der Waals surface area contributed by atoms with Gasteiger partial charge in [0.2, 0.25) is 5.91 Å². The number of amides is 1. The van der Waals surface area contributed by atoms with Crippen LogP contribution in [0.5, 0.6) is 0 Å². The average Bonchev–Trinajstić information content (AvgIpc) is 2.77. The first-order valence-electron chi connectivity index (χ1n) is 5.67. The van der Waals surface area contributed by atoms with Gasteiger partial charge in [-0.15, -0.1) is 5.10 Å². The van der Waals surface area contributed by atoms with Gasteiger partial charge >= 0.3 is 5.97 Å². The maximum atomic E-state index is 11.5. The molecule has 0 spiro atoms. The van der Waals surface area contributed by atoms with Crippen molar-refractivity contribution >= 4 is 11.9 Å². The molecule has 0 unspecified atom stereocenters. The van der Waals surface area contributed by atoms with E-state index >= 15 is 0 Å². The molecule has 100 valence electrons. The molecule has 0 aromatic carbocycles. The molecule has 18 heavy (non-hydrogen) atoms. The van der Waals surface area contributed by atoms with Crippen molar-refractivity contribution in [2.24, 2.45) is 5.73 Å². The largest absolute Gasteiger partial charge is 0.466 e. The van der Waals surface area contributed by atoms with Gasteiger partial charge in [-0.25, -0.2) is 4.68 Å². The van der Waals surface area contributed by atoms with E-state index in [0.29, 0.717) is 12.3 Å². The molecule has 1 rings (SSSR count). The molecule has 3 N–H and O–H groups in total. The predicted octanol–water partition coefficient (Wildman–Crippen LogP) is -1.19. The first kappa shape index (κ1) is 14.1. The Bertz CT molecular complexity index is 404. The first-order valence-corrected chi connectivity index (χ1v) is 5.67. The van der Waals surface area contributed by atoms with Crippen molar-refractivity contribution in [2.75, 3.05) is 13.2 Å². The van der Waals surface area contributed by atoms with Crippen LogP contribution in [0.4, 0.5) is 0 Å². The van der Waals surface area contributed by atoms with Gasteiger partial charge in [-0.05, 0) is 6.92 Å². The average molecular weight is 255 g/mol. The van der Waals surface area contributed by atoms with Crippen LogP contribution in [0.2, 0.25) is 0 Å². The smallest absolute Gasteiger partial charge is 0.307 e. The number of carbonyl (C=O) groups is 2. The second kappa shape index (κ2) is 7.38. The summed E-state index contributed by atoms with van der Waals surface area (Å²) in [6.45, 7) is 2.65. The van der Waals surface area contributed by atoms with Gasteiger partial charge in [-0.2, -0.15) is 0 Å². The highest BCUT2D eigenvalue weighted by Crippen LogP contribution is 1.91. The minimum Gasteiger partial charge on any atom is -0.466 e. The maximum Gasteiger partial charge on any atom is 0.307 e. The number of esters is 1. The van der Waals surface area contributed by atoms with Crippen LogP contribution >= 0.6 is 0 Å². The molecule has 0 bridgehead atoms. The minimum absolute atomic E-state index is 0.0514. The second-order valence-electron chi connectivity index (χ2n) is 3.52. The Balaban J connectivity index is 2.23. The van der Waals surface area contributed by atoms with Gasteiger partial charge in [0.05, 0.1) is 24.9 Å². The van der Waals surface area contributed by atoms with Crippen LogP contribution in [-0.4, -0.2) is 40.0 Å². The summed E-state index contributed by atoms with van der Waals surface area (Å²) < 4.78 is 6.12. The minimum atomic E-state index is -0.330. The Morgan fingerprint density at radius 3 is 2.94 bits per heavy atom. The fraction of sp³-hybridized carbons (Fsp3) is 0.600. The number of aromatic nitrogens is 3. The summed E-state index contributed by atoms with van der Waals surface area (Å²) in [5.41, 5.74) is 5.99. The Kier molecular flexibility index (Phi) is 5.78. The Morgan fingerprint density at radius 1 is 1.56 bits per heavy atom. The third kappa shape index (κ3) is 4.91. The zero-order valence-corrected chi connectivity index (χ0v) is 10.3. The lowest BCUT2D eigenvalue weighted by Crippen LogP contribution is -2.30. The van der Waals surface area contributed by atoms with Gasteiger partial charge in [0.1, 0.15) is 6.54 Å². The van der Waals surface area contributed by atoms with Gasteiger partial charge in [-0.3, -0.25) is 9.59 Å². The molecule has 0 radical (unpaired) electrons. The van der Waals surface area contributed by atoms with Crippen molar-refractivity contribution in [3.63, 3.8) is 0 Å². The molecule has 0 atom stereocenters. The molecule has 0 aliphatic carbocycles. The van der Waals surface area contributed by atoms with Crippen LogP contribution in [0, 0.1) is 0 Å².